The lowest BCUT2D eigenvalue weighted by atomic mass is 10.1. The molecule has 1 aliphatic rings. The van der Waals surface area contributed by atoms with Crippen LogP contribution in [0.4, 0.5) is 17.1 Å². The topological polar surface area (TPSA) is 97.1 Å². The zero-order valence-corrected chi connectivity index (χ0v) is 23.5. The van der Waals surface area contributed by atoms with E-state index >= 15 is 0 Å². The van der Waals surface area contributed by atoms with Crippen molar-refractivity contribution in [1.29, 1.82) is 0 Å². The molecule has 0 atom stereocenters. The third-order valence-corrected chi connectivity index (χ3v) is 7.43. The number of benzene rings is 3. The van der Waals surface area contributed by atoms with E-state index in [1.54, 1.807) is 19.2 Å². The van der Waals surface area contributed by atoms with Crippen LogP contribution in [0.15, 0.2) is 59.1 Å². The van der Waals surface area contributed by atoms with Crippen molar-refractivity contribution < 1.29 is 19.1 Å². The van der Waals surface area contributed by atoms with E-state index in [1.807, 2.05) is 29.3 Å². The molecule has 8 nitrogen and oxygen atoms in total. The van der Waals surface area contributed by atoms with Crippen LogP contribution in [0.3, 0.4) is 0 Å². The van der Waals surface area contributed by atoms with Crippen LogP contribution in [0.2, 0.25) is 0 Å². The third kappa shape index (κ3) is 6.05. The van der Waals surface area contributed by atoms with E-state index in [2.05, 4.69) is 51.4 Å². The van der Waals surface area contributed by atoms with E-state index in [4.69, 9.17) is 15.2 Å². The SMILES string of the molecule is COc1ccc(N(NC(=O)Cc2cc(OC)c(C(N)=O)cc2Br)c2c(C)cccc2N2CCCCC2)cc1. The zero-order chi connectivity index (χ0) is 27.2. The van der Waals surface area contributed by atoms with Crippen LogP contribution in [0.25, 0.3) is 0 Å². The molecule has 1 aliphatic heterocycles. The fraction of sp³-hybridized carbons (Fsp3) is 0.310. The lowest BCUT2D eigenvalue weighted by Crippen LogP contribution is -2.41. The summed E-state index contributed by atoms with van der Waals surface area (Å²) in [7, 11) is 3.09. The molecular formula is C29H33BrN4O4. The molecule has 3 aromatic rings. The number of primary amides is 1. The van der Waals surface area contributed by atoms with Crippen molar-refractivity contribution in [2.24, 2.45) is 5.73 Å². The van der Waals surface area contributed by atoms with Crippen molar-refractivity contribution in [3.05, 3.63) is 75.8 Å². The number of aryl methyl sites for hydroxylation is 1. The normalized spacial score (nSPS) is 13.1. The lowest BCUT2D eigenvalue weighted by molar-refractivity contribution is -0.120. The Morgan fingerprint density at radius 1 is 1.03 bits per heavy atom. The second-order valence-electron chi connectivity index (χ2n) is 9.24. The Morgan fingerprint density at radius 2 is 1.74 bits per heavy atom. The van der Waals surface area contributed by atoms with Gasteiger partial charge in [-0.05, 0) is 79.8 Å². The molecule has 1 fully saturated rings. The smallest absolute Gasteiger partial charge is 0.252 e. The number of nitrogens with zero attached hydrogens (tertiary/aromatic N) is 2. The van der Waals surface area contributed by atoms with Crippen LogP contribution in [-0.4, -0.2) is 39.1 Å². The molecule has 0 aromatic heterocycles. The molecule has 0 unspecified atom stereocenters. The third-order valence-electron chi connectivity index (χ3n) is 6.69. The highest BCUT2D eigenvalue weighted by Gasteiger charge is 2.24. The van der Waals surface area contributed by atoms with E-state index < -0.39 is 5.91 Å². The van der Waals surface area contributed by atoms with Gasteiger partial charge in [-0.15, -0.1) is 0 Å². The molecule has 1 saturated heterocycles. The number of ether oxygens (including phenoxy) is 2. The summed E-state index contributed by atoms with van der Waals surface area (Å²) < 4.78 is 11.3. The van der Waals surface area contributed by atoms with E-state index in [1.165, 1.54) is 13.5 Å². The highest BCUT2D eigenvalue weighted by molar-refractivity contribution is 9.10. The van der Waals surface area contributed by atoms with Crippen LogP contribution in [0.1, 0.15) is 40.7 Å². The highest BCUT2D eigenvalue weighted by atomic mass is 79.9. The number of hydrogen-bond acceptors (Lipinski definition) is 6. The Bertz CT molecular complexity index is 1310. The number of carbonyl (C=O) groups is 2. The zero-order valence-electron chi connectivity index (χ0n) is 21.9. The maximum absolute atomic E-state index is 13.5. The van der Waals surface area contributed by atoms with Gasteiger partial charge < -0.3 is 20.1 Å². The van der Waals surface area contributed by atoms with E-state index in [0.717, 1.165) is 54.3 Å². The summed E-state index contributed by atoms with van der Waals surface area (Å²) in [5.41, 5.74) is 13.4. The number of amides is 2. The van der Waals surface area contributed by atoms with Crippen LogP contribution >= 0.6 is 15.9 Å². The number of hydrogen-bond donors (Lipinski definition) is 2. The van der Waals surface area contributed by atoms with Crippen LogP contribution in [0, 0.1) is 6.92 Å². The van der Waals surface area contributed by atoms with Crippen LogP contribution in [-0.2, 0) is 11.2 Å². The van der Waals surface area contributed by atoms with Crippen molar-refractivity contribution in [2.45, 2.75) is 32.6 Å². The highest BCUT2D eigenvalue weighted by Crippen LogP contribution is 2.38. The number of rotatable bonds is 9. The monoisotopic (exact) mass is 580 g/mol. The molecule has 3 N–H and O–H groups in total. The fourth-order valence-corrected chi connectivity index (χ4v) is 5.22. The van der Waals surface area contributed by atoms with Crippen molar-refractivity contribution >= 4 is 44.8 Å². The molecule has 0 saturated carbocycles. The average Bonchev–Trinajstić information content (AvgIpc) is 2.93. The molecule has 4 rings (SSSR count). The standard InChI is InChI=1S/C29H33BrN4O4/c1-19-8-7-9-25(33-14-5-4-6-15-33)28(19)34(21-10-12-22(37-2)13-11-21)32-27(35)17-20-16-26(38-3)23(29(31)36)18-24(20)30/h7-13,16,18H,4-6,14-15,17H2,1-3H3,(H2,31,36)(H,32,35). The molecule has 0 bridgehead atoms. The van der Waals surface area contributed by atoms with Crippen molar-refractivity contribution in [1.82, 2.24) is 5.43 Å². The maximum Gasteiger partial charge on any atom is 0.252 e. The second-order valence-corrected chi connectivity index (χ2v) is 10.1. The van der Waals surface area contributed by atoms with Gasteiger partial charge in [-0.2, -0.15) is 0 Å². The van der Waals surface area contributed by atoms with Crippen molar-refractivity contribution in [3.8, 4) is 11.5 Å². The molecule has 2 amide bonds. The first-order chi connectivity index (χ1) is 18.3. The molecule has 200 valence electrons. The first kappa shape index (κ1) is 27.3. The van der Waals surface area contributed by atoms with Gasteiger partial charge in [0.1, 0.15) is 11.5 Å². The minimum Gasteiger partial charge on any atom is -0.497 e. The summed E-state index contributed by atoms with van der Waals surface area (Å²) in [5.74, 6) is 0.214. The van der Waals surface area contributed by atoms with Crippen molar-refractivity contribution in [2.75, 3.05) is 37.2 Å². The van der Waals surface area contributed by atoms with Crippen LogP contribution < -0.4 is 30.5 Å². The Labute approximate surface area is 231 Å². The number of halogens is 1. The van der Waals surface area contributed by atoms with Crippen molar-refractivity contribution in [3.63, 3.8) is 0 Å². The first-order valence-corrected chi connectivity index (χ1v) is 13.4. The van der Waals surface area contributed by atoms with Crippen LogP contribution in [0.5, 0.6) is 11.5 Å². The van der Waals surface area contributed by atoms with Gasteiger partial charge >= 0.3 is 0 Å². The summed E-state index contributed by atoms with van der Waals surface area (Å²) in [5, 5.41) is 1.85. The fourth-order valence-electron chi connectivity index (χ4n) is 4.73. The summed E-state index contributed by atoms with van der Waals surface area (Å²) in [6.45, 7) is 4.00. The largest absolute Gasteiger partial charge is 0.497 e. The van der Waals surface area contributed by atoms with Gasteiger partial charge in [-0.1, -0.05) is 28.1 Å². The quantitative estimate of drug-likeness (QED) is 0.334. The molecule has 38 heavy (non-hydrogen) atoms. The number of carbonyl (C=O) groups excluding carboxylic acids is 2. The predicted molar refractivity (Wildman–Crippen MR) is 153 cm³/mol. The molecule has 9 heteroatoms. The lowest BCUT2D eigenvalue weighted by Gasteiger charge is -2.35. The Morgan fingerprint density at radius 3 is 2.37 bits per heavy atom. The number of nitrogens with one attached hydrogen (secondary N) is 1. The summed E-state index contributed by atoms with van der Waals surface area (Å²) >= 11 is 3.48. The first-order valence-electron chi connectivity index (χ1n) is 12.6. The molecule has 0 aliphatic carbocycles. The van der Waals surface area contributed by atoms with E-state index in [9.17, 15) is 9.59 Å². The van der Waals surface area contributed by atoms with Gasteiger partial charge in [-0.25, -0.2) is 0 Å². The van der Waals surface area contributed by atoms with Gasteiger partial charge in [0.2, 0.25) is 5.91 Å². The Balaban J connectivity index is 1.71. The van der Waals surface area contributed by atoms with Gasteiger partial charge in [0.15, 0.2) is 0 Å². The number of hydrazine groups is 1. The molecule has 0 spiro atoms. The van der Waals surface area contributed by atoms with Gasteiger partial charge in [0.25, 0.3) is 5.91 Å². The van der Waals surface area contributed by atoms with Gasteiger partial charge in [0, 0.05) is 17.6 Å². The average molecular weight is 582 g/mol. The summed E-state index contributed by atoms with van der Waals surface area (Å²) in [6.07, 6.45) is 3.55. The Hall–Kier alpha value is -3.72. The maximum atomic E-state index is 13.5. The van der Waals surface area contributed by atoms with Gasteiger partial charge in [-0.3, -0.25) is 20.0 Å². The number of nitrogens with two attached hydrogens (primary N) is 1. The minimum absolute atomic E-state index is 0.0492. The van der Waals surface area contributed by atoms with E-state index in [0.29, 0.717) is 15.8 Å². The summed E-state index contributed by atoms with van der Waals surface area (Å²) in [6, 6.07) is 17.1. The minimum atomic E-state index is -0.603. The second kappa shape index (κ2) is 12.2. The predicted octanol–water partition coefficient (Wildman–Crippen LogP) is 5.28. The number of piperidine rings is 1. The summed E-state index contributed by atoms with van der Waals surface area (Å²) in [4.78, 5) is 27.7. The molecular weight excluding hydrogens is 548 g/mol. The number of methoxy groups -OCH3 is 2. The molecule has 0 radical (unpaired) electrons. The number of para-hydroxylation sites is 1. The molecule has 3 aromatic carbocycles. The van der Waals surface area contributed by atoms with Gasteiger partial charge in [0.05, 0.1) is 43.3 Å². The Kier molecular flexibility index (Phi) is 8.78. The molecule has 1 heterocycles. The number of anilines is 3. The van der Waals surface area contributed by atoms with E-state index in [-0.39, 0.29) is 17.9 Å².